The van der Waals surface area contributed by atoms with Gasteiger partial charge in [0.05, 0.1) is 18.1 Å². The number of nitrogens with one attached hydrogen (secondary N) is 1. The fourth-order valence-electron chi connectivity index (χ4n) is 2.88. The molecule has 1 aliphatic rings. The van der Waals surface area contributed by atoms with Crippen molar-refractivity contribution in [3.63, 3.8) is 0 Å². The Morgan fingerprint density at radius 1 is 1.43 bits per heavy atom. The second-order valence-corrected chi connectivity index (χ2v) is 8.12. The van der Waals surface area contributed by atoms with E-state index in [2.05, 4.69) is 5.32 Å². The molecule has 2 rings (SSSR count). The molecule has 1 fully saturated rings. The van der Waals surface area contributed by atoms with Crippen LogP contribution in [0.2, 0.25) is 5.02 Å². The van der Waals surface area contributed by atoms with E-state index in [1.807, 2.05) is 24.3 Å². The van der Waals surface area contributed by atoms with Gasteiger partial charge in [0.2, 0.25) is 0 Å². The third-order valence-electron chi connectivity index (χ3n) is 3.99. The molecular weight excluding hydrogens is 310 g/mol. The van der Waals surface area contributed by atoms with Gasteiger partial charge in [-0.05, 0) is 24.0 Å². The average Bonchev–Trinajstić information content (AvgIpc) is 2.80. The predicted octanol–water partition coefficient (Wildman–Crippen LogP) is 2.09. The Kier molecular flexibility index (Phi) is 6.05. The topological polar surface area (TPSA) is 55.4 Å². The number of halogens is 1. The third kappa shape index (κ3) is 4.68. The van der Waals surface area contributed by atoms with Crippen molar-refractivity contribution in [1.29, 1.82) is 0 Å². The highest BCUT2D eigenvalue weighted by atomic mass is 35.5. The van der Waals surface area contributed by atoms with Crippen LogP contribution < -0.4 is 5.32 Å². The maximum Gasteiger partial charge on any atom is 0.150 e. The molecular formula is C15H22ClNO3S. The fourth-order valence-corrected chi connectivity index (χ4v) is 5.03. The molecule has 0 radical (unpaired) electrons. The molecule has 118 valence electrons. The van der Waals surface area contributed by atoms with Crippen molar-refractivity contribution in [1.82, 2.24) is 5.32 Å². The van der Waals surface area contributed by atoms with E-state index < -0.39 is 9.84 Å². The zero-order valence-electron chi connectivity index (χ0n) is 12.2. The summed E-state index contributed by atoms with van der Waals surface area (Å²) in [4.78, 5) is 0. The van der Waals surface area contributed by atoms with Gasteiger partial charge >= 0.3 is 0 Å². The smallest absolute Gasteiger partial charge is 0.150 e. The summed E-state index contributed by atoms with van der Waals surface area (Å²) in [6, 6.07) is 7.71. The molecule has 0 saturated carbocycles. The van der Waals surface area contributed by atoms with Gasteiger partial charge in [-0.1, -0.05) is 29.8 Å². The van der Waals surface area contributed by atoms with Gasteiger partial charge in [0.25, 0.3) is 0 Å². The minimum absolute atomic E-state index is 0.118. The second-order valence-electron chi connectivity index (χ2n) is 5.49. The summed E-state index contributed by atoms with van der Waals surface area (Å²) in [6.07, 6.45) is 0.712. The normalized spacial score (nSPS) is 22.3. The van der Waals surface area contributed by atoms with E-state index in [4.69, 9.17) is 16.3 Å². The molecule has 0 amide bonds. The number of methoxy groups -OCH3 is 1. The van der Waals surface area contributed by atoms with Crippen molar-refractivity contribution in [3.05, 3.63) is 34.9 Å². The van der Waals surface area contributed by atoms with Crippen LogP contribution in [0.15, 0.2) is 24.3 Å². The zero-order chi connectivity index (χ0) is 15.3. The number of benzene rings is 1. The standard InChI is InChI=1S/C15H22ClNO3S/c1-20-8-7-17-10-14(12-6-9-21(18,19)11-12)13-4-2-3-5-15(13)16/h2-5,12,14,17H,6-11H2,1H3. The summed E-state index contributed by atoms with van der Waals surface area (Å²) < 4.78 is 28.6. The Morgan fingerprint density at radius 2 is 2.19 bits per heavy atom. The molecule has 0 aromatic heterocycles. The first-order valence-corrected chi connectivity index (χ1v) is 9.38. The average molecular weight is 332 g/mol. The van der Waals surface area contributed by atoms with Crippen LogP contribution in [-0.2, 0) is 14.6 Å². The summed E-state index contributed by atoms with van der Waals surface area (Å²) in [5.41, 5.74) is 1.03. The van der Waals surface area contributed by atoms with E-state index in [-0.39, 0.29) is 23.3 Å². The third-order valence-corrected chi connectivity index (χ3v) is 6.13. The lowest BCUT2D eigenvalue weighted by atomic mass is 9.85. The monoisotopic (exact) mass is 331 g/mol. The molecule has 2 atom stereocenters. The molecule has 1 saturated heterocycles. The van der Waals surface area contributed by atoms with Gasteiger partial charge in [-0.3, -0.25) is 0 Å². The largest absolute Gasteiger partial charge is 0.383 e. The van der Waals surface area contributed by atoms with Gasteiger partial charge in [-0.2, -0.15) is 0 Å². The first-order valence-electron chi connectivity index (χ1n) is 7.18. The van der Waals surface area contributed by atoms with Crippen molar-refractivity contribution in [2.75, 3.05) is 38.3 Å². The SMILES string of the molecule is COCCNCC(c1ccccc1Cl)C1CCS(=O)(=O)C1. The molecule has 0 bridgehead atoms. The summed E-state index contributed by atoms with van der Waals surface area (Å²) in [5.74, 6) is 0.795. The van der Waals surface area contributed by atoms with Crippen LogP contribution in [0.25, 0.3) is 0 Å². The highest BCUT2D eigenvalue weighted by Crippen LogP contribution is 2.36. The zero-order valence-corrected chi connectivity index (χ0v) is 13.8. The van der Waals surface area contributed by atoms with Gasteiger partial charge in [-0.15, -0.1) is 0 Å². The van der Waals surface area contributed by atoms with E-state index in [0.717, 1.165) is 12.1 Å². The number of rotatable bonds is 7. The lowest BCUT2D eigenvalue weighted by Gasteiger charge is -2.24. The van der Waals surface area contributed by atoms with Gasteiger partial charge < -0.3 is 10.1 Å². The number of sulfone groups is 1. The van der Waals surface area contributed by atoms with E-state index in [9.17, 15) is 8.42 Å². The molecule has 1 aromatic carbocycles. The molecule has 0 aliphatic carbocycles. The first-order chi connectivity index (χ1) is 10.0. The molecule has 6 heteroatoms. The molecule has 0 spiro atoms. The van der Waals surface area contributed by atoms with E-state index in [1.165, 1.54) is 0 Å². The molecule has 4 nitrogen and oxygen atoms in total. The maximum atomic E-state index is 11.8. The molecule has 1 aliphatic heterocycles. The predicted molar refractivity (Wildman–Crippen MR) is 85.7 cm³/mol. The molecule has 1 N–H and O–H groups in total. The second kappa shape index (κ2) is 7.58. The Labute approximate surface area is 131 Å². The van der Waals surface area contributed by atoms with Crippen molar-refractivity contribution in [2.24, 2.45) is 5.92 Å². The van der Waals surface area contributed by atoms with Crippen LogP contribution in [-0.4, -0.2) is 46.7 Å². The molecule has 1 aromatic rings. The number of hydrogen-bond donors (Lipinski definition) is 1. The maximum absolute atomic E-state index is 11.8. The van der Waals surface area contributed by atoms with E-state index >= 15 is 0 Å². The molecule has 21 heavy (non-hydrogen) atoms. The summed E-state index contributed by atoms with van der Waals surface area (Å²) >= 11 is 6.31. The van der Waals surface area contributed by atoms with Crippen LogP contribution in [0, 0.1) is 5.92 Å². The van der Waals surface area contributed by atoms with Crippen LogP contribution in [0.3, 0.4) is 0 Å². The highest BCUT2D eigenvalue weighted by molar-refractivity contribution is 7.91. The Balaban J connectivity index is 2.13. The van der Waals surface area contributed by atoms with Gasteiger partial charge in [0.15, 0.2) is 9.84 Å². The first kappa shape index (κ1) is 16.7. The van der Waals surface area contributed by atoms with Gasteiger partial charge in [0.1, 0.15) is 0 Å². The summed E-state index contributed by atoms with van der Waals surface area (Å²) in [7, 11) is -1.23. The summed E-state index contributed by atoms with van der Waals surface area (Å²) in [6.45, 7) is 2.10. The Hall–Kier alpha value is -0.620. The summed E-state index contributed by atoms with van der Waals surface area (Å²) in [5, 5.41) is 4.05. The number of hydrogen-bond acceptors (Lipinski definition) is 4. The van der Waals surface area contributed by atoms with Crippen LogP contribution >= 0.6 is 11.6 Å². The lowest BCUT2D eigenvalue weighted by molar-refractivity contribution is 0.198. The number of ether oxygens (including phenoxy) is 1. The van der Waals surface area contributed by atoms with Gasteiger partial charge in [0, 0.05) is 31.1 Å². The van der Waals surface area contributed by atoms with E-state index in [0.29, 0.717) is 24.6 Å². The van der Waals surface area contributed by atoms with Crippen molar-refractivity contribution in [2.45, 2.75) is 12.3 Å². The van der Waals surface area contributed by atoms with Crippen LogP contribution in [0.1, 0.15) is 17.9 Å². The van der Waals surface area contributed by atoms with Crippen molar-refractivity contribution < 1.29 is 13.2 Å². The van der Waals surface area contributed by atoms with Crippen LogP contribution in [0.5, 0.6) is 0 Å². The molecule has 2 unspecified atom stereocenters. The Bertz CT molecular complexity index is 562. The van der Waals surface area contributed by atoms with Crippen molar-refractivity contribution >= 4 is 21.4 Å². The van der Waals surface area contributed by atoms with E-state index in [1.54, 1.807) is 7.11 Å². The lowest BCUT2D eigenvalue weighted by Crippen LogP contribution is -2.29. The Morgan fingerprint density at radius 3 is 2.81 bits per heavy atom. The van der Waals surface area contributed by atoms with Crippen LogP contribution in [0.4, 0.5) is 0 Å². The highest BCUT2D eigenvalue weighted by Gasteiger charge is 2.34. The molecule has 1 heterocycles. The fraction of sp³-hybridized carbons (Fsp3) is 0.600. The minimum atomic E-state index is -2.89. The quantitative estimate of drug-likeness (QED) is 0.777. The van der Waals surface area contributed by atoms with Crippen molar-refractivity contribution in [3.8, 4) is 0 Å². The van der Waals surface area contributed by atoms with Gasteiger partial charge in [-0.25, -0.2) is 8.42 Å². The minimum Gasteiger partial charge on any atom is -0.383 e.